The predicted molar refractivity (Wildman–Crippen MR) is 83.0 cm³/mol. The van der Waals surface area contributed by atoms with Gasteiger partial charge in [-0.05, 0) is 43.4 Å². The number of hydrogen-bond acceptors (Lipinski definition) is 3. The topological polar surface area (TPSA) is 57.6 Å². The summed E-state index contributed by atoms with van der Waals surface area (Å²) in [7, 11) is 0. The summed E-state index contributed by atoms with van der Waals surface area (Å²) in [4.78, 5) is 25.8. The first-order valence-electron chi connectivity index (χ1n) is 8.25. The molecule has 1 aliphatic heterocycles. The molecule has 0 radical (unpaired) electrons. The summed E-state index contributed by atoms with van der Waals surface area (Å²) in [6, 6.07) is -0.613. The Morgan fingerprint density at radius 3 is 2.67 bits per heavy atom. The quantitative estimate of drug-likeness (QED) is 0.848. The van der Waals surface area contributed by atoms with E-state index < -0.39 is 12.0 Å². The van der Waals surface area contributed by atoms with Gasteiger partial charge in [-0.2, -0.15) is 0 Å². The largest absolute Gasteiger partial charge is 0.480 e. The van der Waals surface area contributed by atoms with Crippen LogP contribution >= 0.6 is 11.8 Å². The van der Waals surface area contributed by atoms with Crippen molar-refractivity contribution in [2.24, 2.45) is 17.8 Å². The summed E-state index contributed by atoms with van der Waals surface area (Å²) in [5.41, 5.74) is 0. The number of amides is 1. The van der Waals surface area contributed by atoms with Crippen molar-refractivity contribution < 1.29 is 14.7 Å². The number of carbonyl (C=O) groups excluding carboxylic acids is 1. The van der Waals surface area contributed by atoms with Crippen LogP contribution in [0.15, 0.2) is 0 Å². The number of thioether (sulfide) groups is 1. The van der Waals surface area contributed by atoms with Gasteiger partial charge in [-0.25, -0.2) is 4.79 Å². The van der Waals surface area contributed by atoms with Gasteiger partial charge in [0.1, 0.15) is 6.04 Å². The molecule has 3 aliphatic rings. The molecule has 21 heavy (non-hydrogen) atoms. The minimum Gasteiger partial charge on any atom is -0.480 e. The highest BCUT2D eigenvalue weighted by Crippen LogP contribution is 2.50. The van der Waals surface area contributed by atoms with E-state index in [1.807, 2.05) is 0 Å². The van der Waals surface area contributed by atoms with Crippen LogP contribution in [-0.4, -0.2) is 39.1 Å². The summed E-state index contributed by atoms with van der Waals surface area (Å²) < 4.78 is 0. The first-order valence-corrected chi connectivity index (χ1v) is 9.30. The molecule has 3 rings (SSSR count). The summed E-state index contributed by atoms with van der Waals surface area (Å²) in [5, 5.41) is 9.45. The average molecular weight is 311 g/mol. The molecular weight excluding hydrogens is 286 g/mol. The van der Waals surface area contributed by atoms with Gasteiger partial charge in [-0.1, -0.05) is 19.8 Å². The highest BCUT2D eigenvalue weighted by Gasteiger charge is 2.45. The van der Waals surface area contributed by atoms with Gasteiger partial charge in [0.05, 0.1) is 5.37 Å². The number of carboxylic acids is 1. The van der Waals surface area contributed by atoms with Crippen LogP contribution in [0.25, 0.3) is 0 Å². The highest BCUT2D eigenvalue weighted by molar-refractivity contribution is 8.00. The van der Waals surface area contributed by atoms with Gasteiger partial charge >= 0.3 is 5.97 Å². The van der Waals surface area contributed by atoms with Crippen LogP contribution in [0.2, 0.25) is 0 Å². The molecule has 118 valence electrons. The van der Waals surface area contributed by atoms with E-state index in [1.165, 1.54) is 25.7 Å². The van der Waals surface area contributed by atoms with E-state index in [4.69, 9.17) is 0 Å². The summed E-state index contributed by atoms with van der Waals surface area (Å²) in [6.45, 7) is 2.09. The number of nitrogens with zero attached hydrogens (tertiary/aromatic N) is 1. The lowest BCUT2D eigenvalue weighted by molar-refractivity contribution is -0.149. The zero-order chi connectivity index (χ0) is 15.0. The third-order valence-corrected chi connectivity index (χ3v) is 6.88. The fraction of sp³-hybridized carbons (Fsp3) is 0.875. The van der Waals surface area contributed by atoms with Crippen molar-refractivity contribution >= 4 is 23.6 Å². The van der Waals surface area contributed by atoms with Crippen LogP contribution in [0.4, 0.5) is 0 Å². The van der Waals surface area contributed by atoms with E-state index in [0.717, 1.165) is 24.7 Å². The minimum absolute atomic E-state index is 0.0715. The Kier molecular flexibility index (Phi) is 4.48. The second-order valence-electron chi connectivity index (χ2n) is 6.87. The van der Waals surface area contributed by atoms with Crippen LogP contribution in [0.5, 0.6) is 0 Å². The number of rotatable bonds is 5. The van der Waals surface area contributed by atoms with Gasteiger partial charge in [0.25, 0.3) is 0 Å². The van der Waals surface area contributed by atoms with Gasteiger partial charge in [0.15, 0.2) is 0 Å². The molecule has 0 aromatic heterocycles. The van der Waals surface area contributed by atoms with Crippen molar-refractivity contribution in [3.8, 4) is 0 Å². The Labute approximate surface area is 130 Å². The molecular formula is C16H25NO3S. The Balaban J connectivity index is 1.66. The third-order valence-electron chi connectivity index (χ3n) is 5.52. The Hall–Kier alpha value is -0.710. The first-order chi connectivity index (χ1) is 10.1. The van der Waals surface area contributed by atoms with E-state index in [9.17, 15) is 14.7 Å². The molecule has 0 aromatic rings. The van der Waals surface area contributed by atoms with Crippen LogP contribution in [0.3, 0.4) is 0 Å². The van der Waals surface area contributed by atoms with Gasteiger partial charge in [0.2, 0.25) is 5.91 Å². The van der Waals surface area contributed by atoms with Crippen molar-refractivity contribution in [3.63, 3.8) is 0 Å². The number of aliphatic carboxylic acids is 1. The molecule has 1 amide bonds. The molecule has 4 nitrogen and oxygen atoms in total. The average Bonchev–Trinajstić information content (AvgIpc) is 3.12. The van der Waals surface area contributed by atoms with Crippen LogP contribution in [0, 0.1) is 17.8 Å². The maximum absolute atomic E-state index is 12.7. The molecule has 1 saturated heterocycles. The molecule has 0 aromatic carbocycles. The van der Waals surface area contributed by atoms with Crippen LogP contribution < -0.4 is 0 Å². The minimum atomic E-state index is -0.845. The van der Waals surface area contributed by atoms with Crippen molar-refractivity contribution in [2.45, 2.75) is 63.3 Å². The smallest absolute Gasteiger partial charge is 0.327 e. The molecule has 0 spiro atoms. The monoisotopic (exact) mass is 311 g/mol. The Morgan fingerprint density at radius 1 is 1.29 bits per heavy atom. The SMILES string of the molecule is CCCC1SCC(C(=O)O)N1C(=O)CC1CC2CCC1C2. The van der Waals surface area contributed by atoms with Crippen LogP contribution in [-0.2, 0) is 9.59 Å². The molecule has 5 unspecified atom stereocenters. The Morgan fingerprint density at radius 2 is 2.10 bits per heavy atom. The maximum atomic E-state index is 12.7. The predicted octanol–water partition coefficient (Wildman–Crippen LogP) is 2.97. The lowest BCUT2D eigenvalue weighted by Crippen LogP contribution is -2.46. The fourth-order valence-electron chi connectivity index (χ4n) is 4.51. The van der Waals surface area contributed by atoms with E-state index in [2.05, 4.69) is 6.92 Å². The van der Waals surface area contributed by atoms with Crippen LogP contribution in [0.1, 0.15) is 51.9 Å². The lowest BCUT2D eigenvalue weighted by atomic mass is 9.86. The molecule has 2 bridgehead atoms. The second-order valence-corrected chi connectivity index (χ2v) is 8.08. The number of fused-ring (bicyclic) bond motifs is 2. The summed E-state index contributed by atoms with van der Waals surface area (Å²) in [6.07, 6.45) is 7.56. The van der Waals surface area contributed by atoms with E-state index in [0.29, 0.717) is 18.1 Å². The van der Waals surface area contributed by atoms with E-state index >= 15 is 0 Å². The zero-order valence-electron chi connectivity index (χ0n) is 12.7. The molecule has 1 heterocycles. The number of carboxylic acid groups (broad SMARTS) is 1. The molecule has 5 heteroatoms. The standard InChI is InChI=1S/C16H25NO3S/c1-2-3-15-17(13(9-21-15)16(19)20)14(18)8-12-7-10-4-5-11(12)6-10/h10-13,15H,2-9H2,1H3,(H,19,20). The highest BCUT2D eigenvalue weighted by atomic mass is 32.2. The molecule has 3 fully saturated rings. The molecule has 2 saturated carbocycles. The molecule has 2 aliphatic carbocycles. The normalized spacial score (nSPS) is 38.1. The van der Waals surface area contributed by atoms with Crippen molar-refractivity contribution in [3.05, 3.63) is 0 Å². The van der Waals surface area contributed by atoms with E-state index in [1.54, 1.807) is 16.7 Å². The van der Waals surface area contributed by atoms with Crippen molar-refractivity contribution in [2.75, 3.05) is 5.75 Å². The van der Waals surface area contributed by atoms with Gasteiger partial charge < -0.3 is 10.0 Å². The Bertz CT molecular complexity index is 428. The van der Waals surface area contributed by atoms with Gasteiger partial charge in [0, 0.05) is 12.2 Å². The van der Waals surface area contributed by atoms with Crippen molar-refractivity contribution in [1.29, 1.82) is 0 Å². The molecule has 5 atom stereocenters. The first kappa shape index (κ1) is 15.2. The lowest BCUT2D eigenvalue weighted by Gasteiger charge is -2.30. The summed E-state index contributed by atoms with van der Waals surface area (Å²) >= 11 is 1.64. The second kappa shape index (κ2) is 6.19. The van der Waals surface area contributed by atoms with Gasteiger partial charge in [-0.15, -0.1) is 11.8 Å². The summed E-state index contributed by atoms with van der Waals surface area (Å²) in [5.74, 6) is 1.86. The molecule has 1 N–H and O–H groups in total. The number of carbonyl (C=O) groups is 2. The van der Waals surface area contributed by atoms with Crippen molar-refractivity contribution in [1.82, 2.24) is 4.90 Å². The maximum Gasteiger partial charge on any atom is 0.327 e. The third kappa shape index (κ3) is 2.94. The zero-order valence-corrected chi connectivity index (χ0v) is 13.5. The van der Waals surface area contributed by atoms with Gasteiger partial charge in [-0.3, -0.25) is 4.79 Å². The number of hydrogen-bond donors (Lipinski definition) is 1. The fourth-order valence-corrected chi connectivity index (χ4v) is 6.05. The van der Waals surface area contributed by atoms with E-state index in [-0.39, 0.29) is 11.3 Å².